The highest BCUT2D eigenvalue weighted by Crippen LogP contribution is 2.20. The van der Waals surface area contributed by atoms with E-state index >= 15 is 0 Å². The lowest BCUT2D eigenvalue weighted by Crippen LogP contribution is -2.50. The lowest BCUT2D eigenvalue weighted by Gasteiger charge is -2.27. The number of hydrogen-bond donors (Lipinski definition) is 3. The lowest BCUT2D eigenvalue weighted by molar-refractivity contribution is 0.172. The Kier molecular flexibility index (Phi) is 4.72. The number of aliphatic hydroxyl groups excluding tert-OH is 1. The van der Waals surface area contributed by atoms with Crippen molar-refractivity contribution in [2.45, 2.75) is 46.1 Å². The number of aryl methyl sites for hydroxylation is 2. The number of nitrogens with zero attached hydrogens (tertiary/aromatic N) is 1. The normalized spacial score (nSPS) is 14.1. The molecule has 0 aliphatic rings. The predicted molar refractivity (Wildman–Crippen MR) is 68.6 cm³/mol. The van der Waals surface area contributed by atoms with Crippen LogP contribution in [0.5, 0.6) is 0 Å². The minimum absolute atomic E-state index is 0.111. The van der Waals surface area contributed by atoms with Crippen molar-refractivity contribution in [3.8, 4) is 0 Å². The molecule has 1 rings (SSSR count). The van der Waals surface area contributed by atoms with Crippen molar-refractivity contribution in [1.29, 1.82) is 0 Å². The number of aliphatic hydroxyl groups is 1. The molecule has 0 aliphatic carbocycles. The van der Waals surface area contributed by atoms with Crippen LogP contribution in [-0.2, 0) is 6.42 Å². The fourth-order valence-corrected chi connectivity index (χ4v) is 1.48. The molecule has 0 spiro atoms. The van der Waals surface area contributed by atoms with Gasteiger partial charge in [0.2, 0.25) is 0 Å². The van der Waals surface area contributed by atoms with Crippen LogP contribution in [0.4, 0.5) is 10.5 Å². The van der Waals surface area contributed by atoms with Gasteiger partial charge in [0.15, 0.2) is 5.76 Å². The van der Waals surface area contributed by atoms with Gasteiger partial charge in [-0.15, -0.1) is 0 Å². The Hall–Kier alpha value is -1.56. The van der Waals surface area contributed by atoms with Gasteiger partial charge in [-0.25, -0.2) is 4.79 Å². The monoisotopic (exact) mass is 255 g/mol. The van der Waals surface area contributed by atoms with Crippen LogP contribution in [0.15, 0.2) is 4.52 Å². The van der Waals surface area contributed by atoms with E-state index in [1.54, 1.807) is 13.8 Å². The quantitative estimate of drug-likeness (QED) is 0.749. The summed E-state index contributed by atoms with van der Waals surface area (Å²) in [6.45, 7) is 7.27. The molecule has 0 saturated carbocycles. The van der Waals surface area contributed by atoms with E-state index in [0.29, 0.717) is 30.0 Å². The van der Waals surface area contributed by atoms with Crippen molar-refractivity contribution < 1.29 is 14.4 Å². The lowest BCUT2D eigenvalue weighted by atomic mass is 10.0. The van der Waals surface area contributed by atoms with Gasteiger partial charge < -0.3 is 20.3 Å². The van der Waals surface area contributed by atoms with Crippen molar-refractivity contribution in [3.63, 3.8) is 0 Å². The van der Waals surface area contributed by atoms with Crippen LogP contribution in [0.3, 0.4) is 0 Å². The molecule has 2 amide bonds. The van der Waals surface area contributed by atoms with Gasteiger partial charge in [0.1, 0.15) is 11.4 Å². The largest absolute Gasteiger partial charge is 0.394 e. The maximum absolute atomic E-state index is 11.9. The topological polar surface area (TPSA) is 87.4 Å². The highest BCUT2D eigenvalue weighted by atomic mass is 16.5. The molecule has 1 atom stereocenters. The fourth-order valence-electron chi connectivity index (χ4n) is 1.48. The predicted octanol–water partition coefficient (Wildman–Crippen LogP) is 1.83. The smallest absolute Gasteiger partial charge is 0.319 e. The van der Waals surface area contributed by atoms with Gasteiger partial charge >= 0.3 is 6.03 Å². The molecule has 6 heteroatoms. The second-order valence-corrected chi connectivity index (χ2v) is 4.57. The van der Waals surface area contributed by atoms with E-state index in [4.69, 9.17) is 4.52 Å². The third-order valence-corrected chi connectivity index (χ3v) is 3.04. The summed E-state index contributed by atoms with van der Waals surface area (Å²) in [5, 5.41) is 18.5. The summed E-state index contributed by atoms with van der Waals surface area (Å²) in [5.74, 6) is 0.643. The van der Waals surface area contributed by atoms with E-state index in [1.165, 1.54) is 0 Å². The van der Waals surface area contributed by atoms with Crippen molar-refractivity contribution in [3.05, 3.63) is 11.5 Å². The number of hydrogen-bond acceptors (Lipinski definition) is 4. The van der Waals surface area contributed by atoms with Crippen LogP contribution in [0.25, 0.3) is 0 Å². The molecular weight excluding hydrogens is 234 g/mol. The number of nitrogens with one attached hydrogen (secondary N) is 2. The van der Waals surface area contributed by atoms with Gasteiger partial charge in [-0.1, -0.05) is 19.0 Å². The molecule has 18 heavy (non-hydrogen) atoms. The Morgan fingerprint density at radius 3 is 2.67 bits per heavy atom. The fraction of sp³-hybridized carbons (Fsp3) is 0.667. The summed E-state index contributed by atoms with van der Waals surface area (Å²) in [6.07, 6.45) is 1.29. The van der Waals surface area contributed by atoms with Crippen molar-refractivity contribution in [1.82, 2.24) is 10.5 Å². The molecule has 0 saturated heterocycles. The second kappa shape index (κ2) is 5.86. The van der Waals surface area contributed by atoms with E-state index in [2.05, 4.69) is 15.8 Å². The average Bonchev–Trinajstić information content (AvgIpc) is 2.70. The number of carbonyl (C=O) groups excluding carboxylic acids is 1. The summed E-state index contributed by atoms with van der Waals surface area (Å²) < 4.78 is 5.09. The van der Waals surface area contributed by atoms with Crippen LogP contribution < -0.4 is 10.6 Å². The number of aromatic nitrogens is 1. The minimum Gasteiger partial charge on any atom is -0.394 e. The SMILES string of the molecule is CCc1onc(C)c1NC(=O)NC(C)(CC)CO. The first-order valence-electron chi connectivity index (χ1n) is 6.11. The molecule has 6 nitrogen and oxygen atoms in total. The van der Waals surface area contributed by atoms with Crippen molar-refractivity contribution in [2.24, 2.45) is 0 Å². The van der Waals surface area contributed by atoms with Crippen LogP contribution >= 0.6 is 0 Å². The highest BCUT2D eigenvalue weighted by Gasteiger charge is 2.24. The molecule has 3 N–H and O–H groups in total. The maximum atomic E-state index is 11.9. The number of amides is 2. The Balaban J connectivity index is 2.73. The number of anilines is 1. The third kappa shape index (κ3) is 3.22. The molecule has 0 bridgehead atoms. The molecule has 0 radical (unpaired) electrons. The zero-order valence-corrected chi connectivity index (χ0v) is 11.3. The minimum atomic E-state index is -0.623. The van der Waals surface area contributed by atoms with E-state index in [1.807, 2.05) is 13.8 Å². The van der Waals surface area contributed by atoms with Gasteiger partial charge in [-0.05, 0) is 20.3 Å². The summed E-state index contributed by atoms with van der Waals surface area (Å²) in [6, 6.07) is -0.366. The Morgan fingerprint density at radius 1 is 1.50 bits per heavy atom. The zero-order chi connectivity index (χ0) is 13.8. The van der Waals surface area contributed by atoms with Gasteiger partial charge in [0, 0.05) is 6.42 Å². The summed E-state index contributed by atoms with van der Waals surface area (Å²) >= 11 is 0. The maximum Gasteiger partial charge on any atom is 0.319 e. The molecule has 0 aromatic carbocycles. The van der Waals surface area contributed by atoms with Crippen LogP contribution in [0.2, 0.25) is 0 Å². The number of urea groups is 1. The second-order valence-electron chi connectivity index (χ2n) is 4.57. The molecule has 1 unspecified atom stereocenters. The van der Waals surface area contributed by atoms with Gasteiger partial charge in [0.25, 0.3) is 0 Å². The summed E-state index contributed by atoms with van der Waals surface area (Å²) in [7, 11) is 0. The molecule has 1 aromatic heterocycles. The highest BCUT2D eigenvalue weighted by molar-refractivity contribution is 5.90. The Labute approximate surface area is 107 Å². The molecule has 1 aromatic rings. The first-order valence-corrected chi connectivity index (χ1v) is 6.11. The Morgan fingerprint density at radius 2 is 2.17 bits per heavy atom. The van der Waals surface area contributed by atoms with E-state index in [0.717, 1.165) is 0 Å². The summed E-state index contributed by atoms with van der Waals surface area (Å²) in [5.41, 5.74) is 0.622. The average molecular weight is 255 g/mol. The van der Waals surface area contributed by atoms with Gasteiger partial charge in [-0.2, -0.15) is 0 Å². The summed E-state index contributed by atoms with van der Waals surface area (Å²) in [4.78, 5) is 11.9. The molecular formula is C12H21N3O3. The van der Waals surface area contributed by atoms with Crippen LogP contribution in [0.1, 0.15) is 38.6 Å². The van der Waals surface area contributed by atoms with Crippen molar-refractivity contribution >= 4 is 11.7 Å². The molecule has 0 aliphatic heterocycles. The van der Waals surface area contributed by atoms with Crippen LogP contribution in [-0.4, -0.2) is 28.4 Å². The zero-order valence-electron chi connectivity index (χ0n) is 11.3. The van der Waals surface area contributed by atoms with Gasteiger partial charge in [-0.3, -0.25) is 0 Å². The third-order valence-electron chi connectivity index (χ3n) is 3.04. The molecule has 102 valence electrons. The molecule has 0 fully saturated rings. The van der Waals surface area contributed by atoms with Crippen molar-refractivity contribution in [2.75, 3.05) is 11.9 Å². The van der Waals surface area contributed by atoms with Gasteiger partial charge in [0.05, 0.1) is 12.1 Å². The number of rotatable bonds is 5. The van der Waals surface area contributed by atoms with E-state index in [-0.39, 0.29) is 12.6 Å². The van der Waals surface area contributed by atoms with Crippen LogP contribution in [0, 0.1) is 6.92 Å². The molecule has 1 heterocycles. The Bertz CT molecular complexity index is 411. The first kappa shape index (κ1) is 14.5. The first-order chi connectivity index (χ1) is 8.45. The standard InChI is InChI=1S/C12H21N3O3/c1-5-9-10(8(3)15-18-9)13-11(17)14-12(4,6-2)7-16/h16H,5-7H2,1-4H3,(H2,13,14,17). The number of carbonyl (C=O) groups is 1. The van der Waals surface area contributed by atoms with E-state index < -0.39 is 5.54 Å². The van der Waals surface area contributed by atoms with E-state index in [9.17, 15) is 9.90 Å².